The Hall–Kier alpha value is -1.59. The molecule has 1 fully saturated rings. The van der Waals surface area contributed by atoms with Crippen LogP contribution in [-0.2, 0) is 11.2 Å². The van der Waals surface area contributed by atoms with Crippen molar-refractivity contribution < 1.29 is 9.53 Å². The van der Waals surface area contributed by atoms with Crippen LogP contribution >= 0.6 is 24.0 Å². The SMILES string of the molecule is CCNC(=NCC(C)N1CCN(C)CC1)NCCc1ccc(NC(=O)OC(C)(C)C)cc1.I. The number of nitrogens with zero attached hydrogens (tertiary/aromatic N) is 3. The van der Waals surface area contributed by atoms with Gasteiger partial charge in [0.25, 0.3) is 0 Å². The molecule has 1 aromatic carbocycles. The van der Waals surface area contributed by atoms with Crippen molar-refractivity contribution in [1.29, 1.82) is 0 Å². The van der Waals surface area contributed by atoms with Crippen LogP contribution in [0.1, 0.15) is 40.2 Å². The maximum Gasteiger partial charge on any atom is 0.412 e. The molecule has 1 unspecified atom stereocenters. The van der Waals surface area contributed by atoms with Crippen molar-refractivity contribution in [3.8, 4) is 0 Å². The molecule has 0 bridgehead atoms. The average molecular weight is 575 g/mol. The summed E-state index contributed by atoms with van der Waals surface area (Å²) in [6.07, 6.45) is 0.426. The molecule has 8 nitrogen and oxygen atoms in total. The van der Waals surface area contributed by atoms with E-state index in [0.717, 1.165) is 63.9 Å². The molecule has 33 heavy (non-hydrogen) atoms. The maximum atomic E-state index is 11.9. The van der Waals surface area contributed by atoms with E-state index in [4.69, 9.17) is 9.73 Å². The topological polar surface area (TPSA) is 81.2 Å². The minimum Gasteiger partial charge on any atom is -0.444 e. The van der Waals surface area contributed by atoms with Crippen LogP contribution in [0.4, 0.5) is 10.5 Å². The first kappa shape index (κ1) is 29.4. The van der Waals surface area contributed by atoms with Crippen molar-refractivity contribution in [1.82, 2.24) is 20.4 Å². The van der Waals surface area contributed by atoms with Crippen molar-refractivity contribution >= 4 is 41.7 Å². The summed E-state index contributed by atoms with van der Waals surface area (Å²) in [5, 5.41) is 9.52. The van der Waals surface area contributed by atoms with Crippen molar-refractivity contribution in [2.24, 2.45) is 4.99 Å². The number of aliphatic imine (C=N–C) groups is 1. The fourth-order valence-corrected chi connectivity index (χ4v) is 3.44. The predicted octanol–water partition coefficient (Wildman–Crippen LogP) is 3.39. The van der Waals surface area contributed by atoms with Gasteiger partial charge in [-0.25, -0.2) is 4.79 Å². The Morgan fingerprint density at radius 2 is 1.76 bits per heavy atom. The molecule has 1 amide bonds. The number of carbonyl (C=O) groups is 1. The molecule has 0 spiro atoms. The molecule has 0 radical (unpaired) electrons. The fourth-order valence-electron chi connectivity index (χ4n) is 3.44. The first-order valence-corrected chi connectivity index (χ1v) is 11.7. The van der Waals surface area contributed by atoms with Crippen LogP contribution in [-0.4, -0.2) is 86.4 Å². The Morgan fingerprint density at radius 1 is 1.12 bits per heavy atom. The lowest BCUT2D eigenvalue weighted by Crippen LogP contribution is -2.49. The number of guanidine groups is 1. The number of amides is 1. The number of nitrogens with one attached hydrogen (secondary N) is 3. The number of likely N-dealkylation sites (N-methyl/N-ethyl adjacent to an activating group) is 1. The second-order valence-electron chi connectivity index (χ2n) is 9.41. The number of halogens is 1. The van der Waals surface area contributed by atoms with E-state index in [2.05, 4.69) is 46.6 Å². The molecule has 1 aliphatic rings. The molecule has 1 heterocycles. The molecule has 0 aromatic heterocycles. The lowest BCUT2D eigenvalue weighted by Gasteiger charge is -2.35. The standard InChI is InChI=1S/C24H42N6O2.HI/c1-7-25-22(27-18-19(2)30-16-14-29(6)15-17-30)26-13-12-20-8-10-21(11-9-20)28-23(31)32-24(3,4)5;/h8-11,19H,7,12-18H2,1-6H3,(H,28,31)(H2,25,26,27);1H. The zero-order valence-electron chi connectivity index (χ0n) is 21.1. The lowest BCUT2D eigenvalue weighted by molar-refractivity contribution is 0.0636. The Balaban J connectivity index is 0.00000544. The molecule has 1 aromatic rings. The molecule has 188 valence electrons. The smallest absolute Gasteiger partial charge is 0.412 e. The van der Waals surface area contributed by atoms with Gasteiger partial charge in [-0.3, -0.25) is 15.2 Å². The van der Waals surface area contributed by atoms with E-state index < -0.39 is 11.7 Å². The predicted molar refractivity (Wildman–Crippen MR) is 148 cm³/mol. The summed E-state index contributed by atoms with van der Waals surface area (Å²) < 4.78 is 5.28. The largest absolute Gasteiger partial charge is 0.444 e. The van der Waals surface area contributed by atoms with Crippen molar-refractivity contribution in [2.45, 2.75) is 52.7 Å². The highest BCUT2D eigenvalue weighted by molar-refractivity contribution is 14.0. The Kier molecular flexibility index (Phi) is 13.0. The van der Waals surface area contributed by atoms with E-state index >= 15 is 0 Å². The van der Waals surface area contributed by atoms with E-state index in [-0.39, 0.29) is 24.0 Å². The fraction of sp³-hybridized carbons (Fsp3) is 0.667. The highest BCUT2D eigenvalue weighted by atomic mass is 127. The molecule has 0 aliphatic carbocycles. The molecular formula is C24H43IN6O2. The van der Waals surface area contributed by atoms with Crippen LogP contribution in [0, 0.1) is 0 Å². The Labute approximate surface area is 216 Å². The number of hydrogen-bond donors (Lipinski definition) is 3. The zero-order chi connectivity index (χ0) is 23.6. The summed E-state index contributed by atoms with van der Waals surface area (Å²) >= 11 is 0. The second kappa shape index (κ2) is 14.6. The third-order valence-corrected chi connectivity index (χ3v) is 5.32. The number of carbonyl (C=O) groups excluding carboxylic acids is 1. The van der Waals surface area contributed by atoms with Crippen LogP contribution < -0.4 is 16.0 Å². The maximum absolute atomic E-state index is 11.9. The number of piperazine rings is 1. The van der Waals surface area contributed by atoms with E-state index in [9.17, 15) is 4.79 Å². The lowest BCUT2D eigenvalue weighted by atomic mass is 10.1. The van der Waals surface area contributed by atoms with Crippen LogP contribution in [0.15, 0.2) is 29.3 Å². The molecule has 3 N–H and O–H groups in total. The highest BCUT2D eigenvalue weighted by Gasteiger charge is 2.19. The van der Waals surface area contributed by atoms with Crippen molar-refractivity contribution in [3.05, 3.63) is 29.8 Å². The van der Waals surface area contributed by atoms with Gasteiger partial charge >= 0.3 is 6.09 Å². The highest BCUT2D eigenvalue weighted by Crippen LogP contribution is 2.13. The van der Waals surface area contributed by atoms with E-state index in [1.807, 2.05) is 45.0 Å². The molecular weight excluding hydrogens is 531 g/mol. The molecule has 1 atom stereocenters. The van der Waals surface area contributed by atoms with Gasteiger partial charge in [0, 0.05) is 51.0 Å². The van der Waals surface area contributed by atoms with Crippen molar-refractivity contribution in [2.75, 3.05) is 58.2 Å². The average Bonchev–Trinajstić information content (AvgIpc) is 2.72. The van der Waals surface area contributed by atoms with E-state index in [0.29, 0.717) is 6.04 Å². The first-order valence-electron chi connectivity index (χ1n) is 11.7. The first-order chi connectivity index (χ1) is 15.2. The summed E-state index contributed by atoms with van der Waals surface area (Å²) in [5.41, 5.74) is 1.40. The number of ether oxygens (including phenoxy) is 1. The molecule has 1 saturated heterocycles. The summed E-state index contributed by atoms with van der Waals surface area (Å²) in [6, 6.07) is 8.28. The third-order valence-electron chi connectivity index (χ3n) is 5.32. The Morgan fingerprint density at radius 3 is 2.33 bits per heavy atom. The molecule has 1 aliphatic heterocycles. The number of hydrogen-bond acceptors (Lipinski definition) is 5. The molecule has 0 saturated carbocycles. The summed E-state index contributed by atoms with van der Waals surface area (Å²) in [6.45, 7) is 16.7. The van der Waals surface area contributed by atoms with Gasteiger partial charge in [0.1, 0.15) is 5.60 Å². The summed E-state index contributed by atoms with van der Waals surface area (Å²) in [4.78, 5) is 21.6. The quantitative estimate of drug-likeness (QED) is 0.251. The number of rotatable bonds is 8. The van der Waals surface area contributed by atoms with E-state index in [1.165, 1.54) is 5.56 Å². The number of benzene rings is 1. The molecule has 2 rings (SSSR count). The Bertz CT molecular complexity index is 727. The molecule has 9 heteroatoms. The van der Waals surface area contributed by atoms with Gasteiger partial charge in [0.05, 0.1) is 6.54 Å². The monoisotopic (exact) mass is 574 g/mol. The summed E-state index contributed by atoms with van der Waals surface area (Å²) in [7, 11) is 2.18. The van der Waals surface area contributed by atoms with E-state index in [1.54, 1.807) is 0 Å². The van der Waals surface area contributed by atoms with Gasteiger partial charge in [0.2, 0.25) is 0 Å². The van der Waals surface area contributed by atoms with Crippen LogP contribution in [0.3, 0.4) is 0 Å². The number of anilines is 1. The normalized spacial score (nSPS) is 16.5. The van der Waals surface area contributed by atoms with Gasteiger partial charge in [-0.05, 0) is 65.8 Å². The van der Waals surface area contributed by atoms with Crippen molar-refractivity contribution in [3.63, 3.8) is 0 Å². The zero-order valence-corrected chi connectivity index (χ0v) is 23.4. The second-order valence-corrected chi connectivity index (χ2v) is 9.41. The summed E-state index contributed by atoms with van der Waals surface area (Å²) in [5.74, 6) is 0.858. The minimum absolute atomic E-state index is 0. The van der Waals surface area contributed by atoms with Crippen LogP contribution in [0.5, 0.6) is 0 Å². The van der Waals surface area contributed by atoms with Gasteiger partial charge in [0.15, 0.2) is 5.96 Å². The van der Waals surface area contributed by atoms with Gasteiger partial charge in [-0.1, -0.05) is 12.1 Å². The van der Waals surface area contributed by atoms with Gasteiger partial charge in [-0.15, -0.1) is 24.0 Å². The van der Waals surface area contributed by atoms with Crippen LogP contribution in [0.25, 0.3) is 0 Å². The van der Waals surface area contributed by atoms with Gasteiger partial charge in [-0.2, -0.15) is 0 Å². The minimum atomic E-state index is -0.510. The third kappa shape index (κ3) is 11.9. The van der Waals surface area contributed by atoms with Crippen LogP contribution in [0.2, 0.25) is 0 Å². The van der Waals surface area contributed by atoms with Gasteiger partial charge < -0.3 is 20.3 Å².